The third-order valence-electron chi connectivity index (χ3n) is 6.65. The number of carbonyl (C=O) groups excluding carboxylic acids is 4. The van der Waals surface area contributed by atoms with Crippen LogP contribution >= 0.6 is 0 Å². The highest BCUT2D eigenvalue weighted by molar-refractivity contribution is 5.97. The van der Waals surface area contributed by atoms with E-state index in [2.05, 4.69) is 21.0 Å². The number of amides is 3. The summed E-state index contributed by atoms with van der Waals surface area (Å²) in [6.45, 7) is 7.39. The monoisotopic (exact) mass is 507 g/mol. The van der Waals surface area contributed by atoms with E-state index in [1.807, 2.05) is 38.1 Å². The number of nitrogens with zero attached hydrogens (tertiary/aromatic N) is 2. The average molecular weight is 508 g/mol. The number of cyclic esters (lactones) is 1. The Morgan fingerprint density at radius 2 is 1.81 bits per heavy atom. The number of pyridine rings is 1. The molecule has 4 rings (SSSR count). The molecule has 0 aliphatic carbocycles. The van der Waals surface area contributed by atoms with Crippen molar-refractivity contribution in [3.05, 3.63) is 47.8 Å². The van der Waals surface area contributed by atoms with E-state index in [1.165, 1.54) is 11.1 Å². The molecule has 0 radical (unpaired) electrons. The van der Waals surface area contributed by atoms with Crippen LogP contribution in [0.4, 0.5) is 0 Å². The number of esters is 1. The molecule has 2 aliphatic rings. The SMILES string of the molecule is CC(C)[C@@H]1NC(=O)C=Cc2cc3cc(ccc3cn2)[C@@H](C)OC(=O)[C@@H]2CCCN(N2)C(=O)[C@H](C)NC1=O. The Morgan fingerprint density at radius 1 is 1.03 bits per heavy atom. The Balaban J connectivity index is 1.68. The summed E-state index contributed by atoms with van der Waals surface area (Å²) in [6, 6.07) is 5.16. The molecule has 2 aromatic rings. The van der Waals surface area contributed by atoms with E-state index in [-0.39, 0.29) is 11.8 Å². The second-order valence-corrected chi connectivity index (χ2v) is 9.90. The maximum absolute atomic E-state index is 13.1. The fraction of sp³-hybridized carbons (Fsp3) is 0.444. The average Bonchev–Trinajstić information content (AvgIpc) is 2.88. The number of hydrogen-bond acceptors (Lipinski definition) is 7. The lowest BCUT2D eigenvalue weighted by molar-refractivity contribution is -0.157. The van der Waals surface area contributed by atoms with E-state index in [1.54, 1.807) is 26.1 Å². The van der Waals surface area contributed by atoms with Crippen molar-refractivity contribution in [1.82, 2.24) is 26.1 Å². The van der Waals surface area contributed by atoms with Crippen LogP contribution in [0.5, 0.6) is 0 Å². The van der Waals surface area contributed by atoms with Crippen LogP contribution in [0.15, 0.2) is 36.5 Å². The maximum atomic E-state index is 13.1. The van der Waals surface area contributed by atoms with Crippen molar-refractivity contribution in [2.24, 2.45) is 5.92 Å². The molecule has 3 N–H and O–H groups in total. The molecule has 4 atom stereocenters. The topological polar surface area (TPSA) is 130 Å². The number of aromatic nitrogens is 1. The van der Waals surface area contributed by atoms with Crippen molar-refractivity contribution in [2.45, 2.75) is 64.8 Å². The highest BCUT2D eigenvalue weighted by Gasteiger charge is 2.33. The van der Waals surface area contributed by atoms with E-state index in [0.717, 1.165) is 16.3 Å². The van der Waals surface area contributed by atoms with Gasteiger partial charge >= 0.3 is 5.97 Å². The molecule has 0 saturated carbocycles. The second kappa shape index (κ2) is 11.1. The van der Waals surface area contributed by atoms with Crippen molar-refractivity contribution < 1.29 is 23.9 Å². The number of rotatable bonds is 1. The van der Waals surface area contributed by atoms with Gasteiger partial charge in [-0.3, -0.25) is 29.2 Å². The predicted octanol–water partition coefficient (Wildman–Crippen LogP) is 2.01. The molecule has 1 aromatic heterocycles. The second-order valence-electron chi connectivity index (χ2n) is 9.90. The molecule has 0 unspecified atom stereocenters. The minimum Gasteiger partial charge on any atom is -0.457 e. The van der Waals surface area contributed by atoms with Gasteiger partial charge in [-0.2, -0.15) is 0 Å². The van der Waals surface area contributed by atoms with Crippen LogP contribution < -0.4 is 16.1 Å². The fourth-order valence-electron chi connectivity index (χ4n) is 4.46. The molecule has 10 heteroatoms. The third-order valence-corrected chi connectivity index (χ3v) is 6.65. The van der Waals surface area contributed by atoms with Gasteiger partial charge in [0.05, 0.1) is 5.69 Å². The predicted molar refractivity (Wildman–Crippen MR) is 138 cm³/mol. The zero-order valence-corrected chi connectivity index (χ0v) is 21.5. The minimum atomic E-state index is -0.869. The van der Waals surface area contributed by atoms with Gasteiger partial charge in [0.15, 0.2) is 0 Å². The van der Waals surface area contributed by atoms with Gasteiger partial charge in [-0.15, -0.1) is 0 Å². The first-order chi connectivity index (χ1) is 17.6. The van der Waals surface area contributed by atoms with Crippen molar-refractivity contribution in [3.8, 4) is 0 Å². The van der Waals surface area contributed by atoms with Crippen LogP contribution in [0.2, 0.25) is 0 Å². The quantitative estimate of drug-likeness (QED) is 0.504. The van der Waals surface area contributed by atoms with Crippen molar-refractivity contribution in [3.63, 3.8) is 0 Å². The van der Waals surface area contributed by atoms with Gasteiger partial charge in [-0.25, -0.2) is 5.43 Å². The number of ether oxygens (including phenoxy) is 1. The summed E-state index contributed by atoms with van der Waals surface area (Å²) in [5.41, 5.74) is 4.34. The largest absolute Gasteiger partial charge is 0.457 e. The lowest BCUT2D eigenvalue weighted by atomic mass is 10.0. The number of hydrazine groups is 1. The summed E-state index contributed by atoms with van der Waals surface area (Å²) in [7, 11) is 0. The van der Waals surface area contributed by atoms with Crippen LogP contribution in [0.25, 0.3) is 16.8 Å². The molecule has 2 aliphatic heterocycles. The molecule has 37 heavy (non-hydrogen) atoms. The molecule has 10 nitrogen and oxygen atoms in total. The molecule has 1 aromatic carbocycles. The highest BCUT2D eigenvalue weighted by atomic mass is 16.5. The number of benzene rings is 1. The Hall–Kier alpha value is -3.79. The molecule has 3 heterocycles. The molecule has 1 saturated heterocycles. The van der Waals surface area contributed by atoms with Gasteiger partial charge in [0, 0.05) is 24.2 Å². The Labute approximate surface area is 215 Å². The van der Waals surface area contributed by atoms with Gasteiger partial charge in [0.2, 0.25) is 11.8 Å². The minimum absolute atomic E-state index is 0.219. The Bertz CT molecular complexity index is 1240. The summed E-state index contributed by atoms with van der Waals surface area (Å²) < 4.78 is 5.74. The molecular formula is C27H33N5O5. The molecule has 0 spiro atoms. The summed E-state index contributed by atoms with van der Waals surface area (Å²) >= 11 is 0. The van der Waals surface area contributed by atoms with E-state index in [4.69, 9.17) is 4.74 Å². The first-order valence-corrected chi connectivity index (χ1v) is 12.6. The van der Waals surface area contributed by atoms with Crippen molar-refractivity contribution >= 4 is 40.5 Å². The van der Waals surface area contributed by atoms with E-state index in [0.29, 0.717) is 25.1 Å². The third kappa shape index (κ3) is 6.14. The van der Waals surface area contributed by atoms with Crippen molar-refractivity contribution in [1.29, 1.82) is 0 Å². The lowest BCUT2D eigenvalue weighted by Crippen LogP contribution is -2.61. The van der Waals surface area contributed by atoms with Crippen LogP contribution in [-0.2, 0) is 23.9 Å². The number of fused-ring (bicyclic) bond motifs is 4. The summed E-state index contributed by atoms with van der Waals surface area (Å²) in [6.07, 6.45) is 5.23. The zero-order chi connectivity index (χ0) is 26.7. The molecular weight excluding hydrogens is 474 g/mol. The Kier molecular flexibility index (Phi) is 7.87. The summed E-state index contributed by atoms with van der Waals surface area (Å²) in [5, 5.41) is 8.57. The molecule has 1 fully saturated rings. The standard InChI is InChI=1S/C27H33N5O5/c1-15(2)24-25(34)29-16(3)26(35)32-11-5-6-22(31-32)27(36)37-17(4)18-7-8-19-14-28-21(13-20(19)12-18)9-10-23(33)30-24/h7-10,12-17,22,24,31H,5-6,11H2,1-4H3,(H,29,34)(H,30,33)/t16-,17+,22-,24-/m0/s1. The van der Waals surface area contributed by atoms with E-state index < -0.39 is 42.0 Å². The zero-order valence-electron chi connectivity index (χ0n) is 21.5. The molecule has 3 amide bonds. The van der Waals surface area contributed by atoms with Gasteiger partial charge in [-0.1, -0.05) is 26.0 Å². The van der Waals surface area contributed by atoms with Crippen LogP contribution in [0.1, 0.15) is 57.9 Å². The van der Waals surface area contributed by atoms with E-state index >= 15 is 0 Å². The van der Waals surface area contributed by atoms with Gasteiger partial charge in [0.25, 0.3) is 5.91 Å². The van der Waals surface area contributed by atoms with Gasteiger partial charge in [0.1, 0.15) is 24.2 Å². The van der Waals surface area contributed by atoms with Crippen LogP contribution in [-0.4, -0.2) is 58.4 Å². The highest BCUT2D eigenvalue weighted by Crippen LogP contribution is 2.24. The summed E-state index contributed by atoms with van der Waals surface area (Å²) in [4.78, 5) is 56.0. The number of hydrogen-bond donors (Lipinski definition) is 3. The summed E-state index contributed by atoms with van der Waals surface area (Å²) in [5.74, 6) is -1.96. The van der Waals surface area contributed by atoms with Crippen LogP contribution in [0.3, 0.4) is 0 Å². The fourth-order valence-corrected chi connectivity index (χ4v) is 4.46. The number of nitrogens with one attached hydrogen (secondary N) is 3. The number of carbonyl (C=O) groups is 4. The molecule has 196 valence electrons. The van der Waals surface area contributed by atoms with E-state index in [9.17, 15) is 19.2 Å². The van der Waals surface area contributed by atoms with Gasteiger partial charge in [-0.05, 0) is 61.8 Å². The Morgan fingerprint density at radius 3 is 2.57 bits per heavy atom. The lowest BCUT2D eigenvalue weighted by Gasteiger charge is -2.35. The van der Waals surface area contributed by atoms with Gasteiger partial charge < -0.3 is 15.4 Å². The smallest absolute Gasteiger partial charge is 0.325 e. The normalized spacial score (nSPS) is 25.8. The van der Waals surface area contributed by atoms with Crippen molar-refractivity contribution in [2.75, 3.05) is 6.54 Å². The maximum Gasteiger partial charge on any atom is 0.325 e. The molecule has 5 bridgehead atoms. The van der Waals surface area contributed by atoms with Crippen LogP contribution in [0, 0.1) is 5.92 Å². The first-order valence-electron chi connectivity index (χ1n) is 12.6. The first kappa shape index (κ1) is 26.3.